The van der Waals surface area contributed by atoms with Gasteiger partial charge in [-0.3, -0.25) is 4.79 Å². The van der Waals surface area contributed by atoms with Gasteiger partial charge in [0.2, 0.25) is 0 Å². The van der Waals surface area contributed by atoms with Gasteiger partial charge in [-0.25, -0.2) is 4.98 Å². The highest BCUT2D eigenvalue weighted by atomic mass is 16.4. The lowest BCUT2D eigenvalue weighted by Gasteiger charge is -2.19. The number of hydrogen-bond acceptors (Lipinski definition) is 3. The summed E-state index contributed by atoms with van der Waals surface area (Å²) in [7, 11) is 0. The van der Waals surface area contributed by atoms with E-state index < -0.39 is 5.97 Å². The van der Waals surface area contributed by atoms with E-state index in [9.17, 15) is 4.79 Å². The number of aliphatic carboxylic acids is 1. The molecule has 0 saturated heterocycles. The first-order valence-corrected chi connectivity index (χ1v) is 5.46. The van der Waals surface area contributed by atoms with Crippen LogP contribution in [-0.2, 0) is 4.79 Å². The van der Waals surface area contributed by atoms with E-state index in [2.05, 4.69) is 10.9 Å². The fraction of sp³-hybridized carbons (Fsp3) is 0.143. The third-order valence-corrected chi connectivity index (χ3v) is 2.52. The Hall–Kier alpha value is -2.54. The zero-order chi connectivity index (χ0) is 13.0. The number of carboxylic acids is 1. The molecule has 0 amide bonds. The smallest absolute Gasteiger partial charge is 0.323 e. The Balaban J connectivity index is 2.38. The van der Waals surface area contributed by atoms with Crippen molar-refractivity contribution in [3.63, 3.8) is 0 Å². The summed E-state index contributed by atoms with van der Waals surface area (Å²) >= 11 is 0. The summed E-state index contributed by atoms with van der Waals surface area (Å²) in [4.78, 5) is 16.7. The number of benzene rings is 1. The summed E-state index contributed by atoms with van der Waals surface area (Å²) in [6.45, 7) is 0.0627. The highest BCUT2D eigenvalue weighted by Crippen LogP contribution is 2.17. The average Bonchev–Trinajstić information content (AvgIpc) is 2.37. The Morgan fingerprint density at radius 2 is 2.11 bits per heavy atom. The van der Waals surface area contributed by atoms with Crippen molar-refractivity contribution in [3.05, 3.63) is 36.4 Å². The molecule has 2 aromatic rings. The van der Waals surface area contributed by atoms with Gasteiger partial charge < -0.3 is 10.0 Å². The maximum Gasteiger partial charge on any atom is 0.323 e. The van der Waals surface area contributed by atoms with Crippen molar-refractivity contribution in [2.75, 3.05) is 18.0 Å². The molecule has 0 aliphatic carbocycles. The third kappa shape index (κ3) is 2.58. The normalized spacial score (nSPS) is 9.94. The van der Waals surface area contributed by atoms with Gasteiger partial charge in [-0.1, -0.05) is 24.1 Å². The molecule has 1 aromatic heterocycles. The van der Waals surface area contributed by atoms with Crippen molar-refractivity contribution in [2.45, 2.75) is 0 Å². The quantitative estimate of drug-likeness (QED) is 0.827. The molecule has 4 heteroatoms. The lowest BCUT2D eigenvalue weighted by Crippen LogP contribution is -2.30. The molecule has 1 N–H and O–H groups in total. The number of pyridine rings is 1. The van der Waals surface area contributed by atoms with Gasteiger partial charge in [-0.2, -0.15) is 0 Å². The van der Waals surface area contributed by atoms with E-state index in [0.717, 1.165) is 10.9 Å². The standard InChI is InChI=1S/C14H12N2O2/c1-2-9-16(10-14(17)18)13-8-7-11-5-3-4-6-12(11)15-13/h1,3-8H,9-10H2,(H,17,18). The molecule has 0 fully saturated rings. The Bertz CT molecular complexity index is 616. The molecule has 2 rings (SSSR count). The Labute approximate surface area is 105 Å². The van der Waals surface area contributed by atoms with Crippen LogP contribution >= 0.6 is 0 Å². The van der Waals surface area contributed by atoms with E-state index in [1.54, 1.807) is 11.0 Å². The predicted octanol–water partition coefficient (Wildman–Crippen LogP) is 1.76. The van der Waals surface area contributed by atoms with E-state index in [1.807, 2.05) is 30.3 Å². The number of hydrogen-bond donors (Lipinski definition) is 1. The van der Waals surface area contributed by atoms with Crippen LogP contribution in [0, 0.1) is 12.3 Å². The van der Waals surface area contributed by atoms with Gasteiger partial charge in [0.1, 0.15) is 12.4 Å². The van der Waals surface area contributed by atoms with E-state index in [4.69, 9.17) is 11.5 Å². The number of terminal acetylenes is 1. The Morgan fingerprint density at radius 3 is 2.83 bits per heavy atom. The fourth-order valence-electron chi connectivity index (χ4n) is 1.72. The average molecular weight is 240 g/mol. The van der Waals surface area contributed by atoms with Crippen LogP contribution in [0.25, 0.3) is 10.9 Å². The molecule has 1 heterocycles. The van der Waals surface area contributed by atoms with Gasteiger partial charge in [0.05, 0.1) is 12.1 Å². The number of carbonyl (C=O) groups is 1. The minimum Gasteiger partial charge on any atom is -0.480 e. The molecule has 0 aliphatic heterocycles. The molecule has 4 nitrogen and oxygen atoms in total. The highest BCUT2D eigenvalue weighted by Gasteiger charge is 2.11. The minimum atomic E-state index is -0.930. The molecular weight excluding hydrogens is 228 g/mol. The SMILES string of the molecule is C#CCN(CC(=O)O)c1ccc2ccccc2n1. The second-order valence-corrected chi connectivity index (χ2v) is 3.82. The number of aromatic nitrogens is 1. The van der Waals surface area contributed by atoms with Gasteiger partial charge >= 0.3 is 5.97 Å². The van der Waals surface area contributed by atoms with E-state index in [1.165, 1.54) is 0 Å². The molecular formula is C14H12N2O2. The first kappa shape index (κ1) is 11.9. The number of nitrogens with zero attached hydrogens (tertiary/aromatic N) is 2. The van der Waals surface area contributed by atoms with Gasteiger partial charge in [-0.05, 0) is 18.2 Å². The van der Waals surface area contributed by atoms with Crippen molar-refractivity contribution >= 4 is 22.7 Å². The van der Waals surface area contributed by atoms with Crippen molar-refractivity contribution in [2.24, 2.45) is 0 Å². The Kier molecular flexibility index (Phi) is 3.44. The molecule has 18 heavy (non-hydrogen) atoms. The van der Waals surface area contributed by atoms with Crippen molar-refractivity contribution < 1.29 is 9.90 Å². The number of anilines is 1. The van der Waals surface area contributed by atoms with Crippen molar-refractivity contribution in [1.82, 2.24) is 4.98 Å². The number of fused-ring (bicyclic) bond motifs is 1. The highest BCUT2D eigenvalue weighted by molar-refractivity contribution is 5.81. The van der Waals surface area contributed by atoms with Crippen LogP contribution in [0.4, 0.5) is 5.82 Å². The summed E-state index contributed by atoms with van der Waals surface area (Å²) < 4.78 is 0. The third-order valence-electron chi connectivity index (χ3n) is 2.52. The molecule has 0 spiro atoms. The summed E-state index contributed by atoms with van der Waals surface area (Å²) in [5, 5.41) is 9.86. The zero-order valence-corrected chi connectivity index (χ0v) is 9.71. The van der Waals surface area contributed by atoms with Gasteiger partial charge in [0.25, 0.3) is 0 Å². The lowest BCUT2D eigenvalue weighted by molar-refractivity contribution is -0.135. The largest absolute Gasteiger partial charge is 0.480 e. The van der Waals surface area contributed by atoms with Crippen LogP contribution in [0.5, 0.6) is 0 Å². The second-order valence-electron chi connectivity index (χ2n) is 3.82. The van der Waals surface area contributed by atoms with Gasteiger partial charge in [-0.15, -0.1) is 6.42 Å². The number of para-hydroxylation sites is 1. The molecule has 0 unspecified atom stereocenters. The summed E-state index contributed by atoms with van der Waals surface area (Å²) in [6.07, 6.45) is 5.24. The van der Waals surface area contributed by atoms with Crippen LogP contribution in [0.3, 0.4) is 0 Å². The van der Waals surface area contributed by atoms with E-state index >= 15 is 0 Å². The monoisotopic (exact) mass is 240 g/mol. The lowest BCUT2D eigenvalue weighted by atomic mass is 10.2. The van der Waals surface area contributed by atoms with Crippen LogP contribution in [0.15, 0.2) is 36.4 Å². The summed E-state index contributed by atoms with van der Waals surface area (Å²) in [6, 6.07) is 11.3. The number of carboxylic acid groups (broad SMARTS) is 1. The maximum atomic E-state index is 10.8. The minimum absolute atomic E-state index is 0.157. The first-order valence-electron chi connectivity index (χ1n) is 5.46. The van der Waals surface area contributed by atoms with Gasteiger partial charge in [0.15, 0.2) is 0 Å². The van der Waals surface area contributed by atoms with Crippen molar-refractivity contribution in [3.8, 4) is 12.3 Å². The summed E-state index contributed by atoms with van der Waals surface area (Å²) in [5.74, 6) is 2.09. The topological polar surface area (TPSA) is 53.4 Å². The maximum absolute atomic E-state index is 10.8. The predicted molar refractivity (Wildman–Crippen MR) is 70.4 cm³/mol. The molecule has 90 valence electrons. The zero-order valence-electron chi connectivity index (χ0n) is 9.71. The van der Waals surface area contributed by atoms with Crippen LogP contribution < -0.4 is 4.90 Å². The molecule has 0 saturated carbocycles. The molecule has 0 aliphatic rings. The van der Waals surface area contributed by atoms with Crippen LogP contribution in [0.2, 0.25) is 0 Å². The molecule has 0 atom stereocenters. The van der Waals surface area contributed by atoms with E-state index in [0.29, 0.717) is 5.82 Å². The second kappa shape index (κ2) is 5.19. The number of rotatable bonds is 4. The van der Waals surface area contributed by atoms with Crippen LogP contribution in [0.1, 0.15) is 0 Å². The molecule has 1 aromatic carbocycles. The Morgan fingerprint density at radius 1 is 1.33 bits per heavy atom. The van der Waals surface area contributed by atoms with E-state index in [-0.39, 0.29) is 13.1 Å². The molecule has 0 bridgehead atoms. The fourth-order valence-corrected chi connectivity index (χ4v) is 1.72. The first-order chi connectivity index (χ1) is 8.70. The van der Waals surface area contributed by atoms with Crippen molar-refractivity contribution in [1.29, 1.82) is 0 Å². The summed E-state index contributed by atoms with van der Waals surface area (Å²) in [5.41, 5.74) is 0.822. The van der Waals surface area contributed by atoms with Crippen LogP contribution in [-0.4, -0.2) is 29.1 Å². The molecule has 0 radical (unpaired) electrons. The van der Waals surface area contributed by atoms with Gasteiger partial charge in [0, 0.05) is 5.39 Å².